The van der Waals surface area contributed by atoms with Crippen molar-refractivity contribution in [1.82, 2.24) is 0 Å². The average molecular weight is 629 g/mol. The van der Waals surface area contributed by atoms with Gasteiger partial charge in [0.25, 0.3) is 0 Å². The maximum absolute atomic E-state index is 15.2. The van der Waals surface area contributed by atoms with Crippen molar-refractivity contribution in [3.63, 3.8) is 0 Å². The Balaban J connectivity index is 1.36. The van der Waals surface area contributed by atoms with E-state index in [9.17, 15) is 19.5 Å². The molecule has 8 rings (SSSR count). The molecule has 2 heterocycles. The van der Waals surface area contributed by atoms with Crippen LogP contribution in [0.4, 0.5) is 11.4 Å². The van der Waals surface area contributed by atoms with Crippen molar-refractivity contribution in [2.45, 2.75) is 24.2 Å². The monoisotopic (exact) mass is 628 g/mol. The first kappa shape index (κ1) is 28.5. The van der Waals surface area contributed by atoms with Crippen LogP contribution in [-0.2, 0) is 24.6 Å². The van der Waals surface area contributed by atoms with E-state index >= 15 is 4.79 Å². The maximum Gasteiger partial charge on any atom is 0.246 e. The molecule has 228 valence electrons. The minimum Gasteiger partial charge on any atom is -0.508 e. The molecule has 4 aromatic rings. The second-order valence-corrected chi connectivity index (χ2v) is 12.9. The number of anilines is 2. The van der Waals surface area contributed by atoms with E-state index in [2.05, 4.69) is 0 Å². The van der Waals surface area contributed by atoms with E-state index in [1.807, 2.05) is 42.5 Å². The molecule has 6 unspecified atom stereocenters. The highest BCUT2D eigenvalue weighted by Crippen LogP contribution is 2.65. The van der Waals surface area contributed by atoms with Crippen molar-refractivity contribution in [2.75, 3.05) is 9.80 Å². The van der Waals surface area contributed by atoms with Gasteiger partial charge in [-0.3, -0.25) is 24.1 Å². The second kappa shape index (κ2) is 10.5. The molecule has 1 saturated carbocycles. The van der Waals surface area contributed by atoms with E-state index < -0.39 is 46.8 Å². The number of carbonyl (C=O) groups excluding carboxylic acids is 4. The fraction of sp³-hybridized carbons (Fsp3) is 0.211. The topological polar surface area (TPSA) is 95.0 Å². The number of phenolic OH excluding ortho intramolecular Hbond substituents is 1. The number of nitrogens with zero attached hydrogens (tertiary/aromatic N) is 2. The predicted octanol–water partition coefficient (Wildman–Crippen LogP) is 6.41. The van der Waals surface area contributed by atoms with Crippen LogP contribution in [0.15, 0.2) is 121 Å². The Morgan fingerprint density at radius 2 is 1.37 bits per heavy atom. The molecule has 2 saturated heterocycles. The van der Waals surface area contributed by atoms with E-state index in [0.717, 1.165) is 5.57 Å². The molecule has 6 atom stereocenters. The van der Waals surface area contributed by atoms with E-state index in [0.29, 0.717) is 33.9 Å². The van der Waals surface area contributed by atoms with Gasteiger partial charge in [0.2, 0.25) is 23.6 Å². The number of imide groups is 2. The molecule has 4 aromatic carbocycles. The largest absolute Gasteiger partial charge is 0.508 e. The molecule has 46 heavy (non-hydrogen) atoms. The van der Waals surface area contributed by atoms with Gasteiger partial charge in [-0.15, -0.1) is 0 Å². The number of benzene rings is 4. The molecule has 0 spiro atoms. The third kappa shape index (κ3) is 3.84. The van der Waals surface area contributed by atoms with Gasteiger partial charge < -0.3 is 5.11 Å². The number of phenols is 1. The molecule has 7 nitrogen and oxygen atoms in total. The van der Waals surface area contributed by atoms with Crippen LogP contribution in [0.1, 0.15) is 29.9 Å². The molecule has 0 aromatic heterocycles. The van der Waals surface area contributed by atoms with Gasteiger partial charge >= 0.3 is 0 Å². The number of para-hydroxylation sites is 2. The summed E-state index contributed by atoms with van der Waals surface area (Å²) in [6.45, 7) is 0. The summed E-state index contributed by atoms with van der Waals surface area (Å²) in [6, 6.07) is 31.7. The molecule has 4 aliphatic rings. The molecular weight excluding hydrogens is 600 g/mol. The molecule has 8 heteroatoms. The van der Waals surface area contributed by atoms with Crippen molar-refractivity contribution < 1.29 is 24.3 Å². The smallest absolute Gasteiger partial charge is 0.246 e. The van der Waals surface area contributed by atoms with Gasteiger partial charge in [0.1, 0.15) is 5.75 Å². The zero-order valence-electron chi connectivity index (χ0n) is 24.6. The van der Waals surface area contributed by atoms with Crippen molar-refractivity contribution in [1.29, 1.82) is 0 Å². The first-order valence-corrected chi connectivity index (χ1v) is 15.8. The Hall–Kier alpha value is -5.01. The summed E-state index contributed by atoms with van der Waals surface area (Å²) >= 11 is 6.36. The fourth-order valence-corrected chi connectivity index (χ4v) is 8.84. The summed E-state index contributed by atoms with van der Waals surface area (Å²) in [7, 11) is 0. The zero-order valence-corrected chi connectivity index (χ0v) is 25.4. The normalized spacial score (nSPS) is 28.5. The highest BCUT2D eigenvalue weighted by molar-refractivity contribution is 6.32. The first-order chi connectivity index (χ1) is 22.3. The zero-order chi connectivity index (χ0) is 31.7. The lowest BCUT2D eigenvalue weighted by molar-refractivity contribution is -0.127. The van der Waals surface area contributed by atoms with E-state index in [1.165, 1.54) is 9.80 Å². The number of hydrogen-bond donors (Lipinski definition) is 1. The van der Waals surface area contributed by atoms with Gasteiger partial charge in [0.05, 0.1) is 34.5 Å². The second-order valence-electron chi connectivity index (χ2n) is 12.5. The standard InChI is InChI=1S/C38H29ClN2O5/c39-23-12-9-15-25(20-23)41-35(44)30-21-29-26(18-19-28-32(29)36(45)40(34(28)43)24-13-5-2-6-14-24)33(27-16-7-8-17-31(27)42)38(30,37(41)46)22-10-3-1-4-11-22/h1-18,20,28-30,32-33,42H,19,21H2. The lowest BCUT2D eigenvalue weighted by Gasteiger charge is -2.50. The number of hydrogen-bond acceptors (Lipinski definition) is 5. The van der Waals surface area contributed by atoms with Crippen LogP contribution in [0.25, 0.3) is 0 Å². The van der Waals surface area contributed by atoms with Crippen molar-refractivity contribution in [3.05, 3.63) is 137 Å². The van der Waals surface area contributed by atoms with E-state index in [1.54, 1.807) is 72.8 Å². The summed E-state index contributed by atoms with van der Waals surface area (Å²) in [5.41, 5.74) is 1.39. The summed E-state index contributed by atoms with van der Waals surface area (Å²) in [5, 5.41) is 11.8. The summed E-state index contributed by atoms with van der Waals surface area (Å²) < 4.78 is 0. The molecule has 2 aliphatic carbocycles. The van der Waals surface area contributed by atoms with Gasteiger partial charge in [-0.2, -0.15) is 0 Å². The van der Waals surface area contributed by atoms with Crippen LogP contribution in [0, 0.1) is 23.7 Å². The number of aromatic hydroxyl groups is 1. The number of rotatable bonds is 4. The maximum atomic E-state index is 15.2. The van der Waals surface area contributed by atoms with Gasteiger partial charge in [0.15, 0.2) is 0 Å². The lowest BCUT2D eigenvalue weighted by Crippen LogP contribution is -2.53. The number of carbonyl (C=O) groups is 4. The fourth-order valence-electron chi connectivity index (χ4n) is 8.65. The van der Waals surface area contributed by atoms with Crippen molar-refractivity contribution >= 4 is 46.6 Å². The average Bonchev–Trinajstić information content (AvgIpc) is 3.46. The molecule has 0 bridgehead atoms. The Morgan fingerprint density at radius 1 is 0.696 bits per heavy atom. The van der Waals surface area contributed by atoms with Gasteiger partial charge in [-0.05, 0) is 60.7 Å². The molecule has 2 aliphatic heterocycles. The number of halogens is 1. The van der Waals surface area contributed by atoms with Crippen molar-refractivity contribution in [3.8, 4) is 5.75 Å². The number of amides is 4. The van der Waals surface area contributed by atoms with E-state index in [4.69, 9.17) is 11.6 Å². The SMILES string of the molecule is O=C1C2CC=C3C(CC4C(=O)N(c5cccc(Cl)c5)C(=O)C4(c4ccccc4)C3c3ccccc3O)C2C(=O)N1c1ccccc1. The Morgan fingerprint density at radius 3 is 2.09 bits per heavy atom. The van der Waals surface area contributed by atoms with Crippen LogP contribution in [0.5, 0.6) is 5.75 Å². The van der Waals surface area contributed by atoms with Crippen molar-refractivity contribution in [2.24, 2.45) is 23.7 Å². The lowest BCUT2D eigenvalue weighted by atomic mass is 9.49. The first-order valence-electron chi connectivity index (χ1n) is 15.4. The summed E-state index contributed by atoms with van der Waals surface area (Å²) in [4.78, 5) is 60.5. The Bertz CT molecular complexity index is 1960. The van der Waals surface area contributed by atoms with Gasteiger partial charge in [-0.1, -0.05) is 96.0 Å². The molecule has 1 N–H and O–H groups in total. The van der Waals surface area contributed by atoms with Crippen LogP contribution < -0.4 is 9.80 Å². The highest BCUT2D eigenvalue weighted by atomic mass is 35.5. The van der Waals surface area contributed by atoms with Crippen LogP contribution in [0.3, 0.4) is 0 Å². The third-order valence-corrected chi connectivity index (χ3v) is 10.7. The number of fused-ring (bicyclic) bond motifs is 4. The van der Waals surface area contributed by atoms with Gasteiger partial charge in [0, 0.05) is 16.5 Å². The highest BCUT2D eigenvalue weighted by Gasteiger charge is 2.70. The summed E-state index contributed by atoms with van der Waals surface area (Å²) in [6.07, 6.45) is 2.49. The Kier molecular flexibility index (Phi) is 6.51. The quantitative estimate of drug-likeness (QED) is 0.208. The summed E-state index contributed by atoms with van der Waals surface area (Å²) in [5.74, 6) is -4.85. The Labute approximate surface area is 270 Å². The molecule has 4 amide bonds. The molecule has 3 fully saturated rings. The molecule has 0 radical (unpaired) electrons. The minimum atomic E-state index is -1.43. The minimum absolute atomic E-state index is 0.00794. The van der Waals surface area contributed by atoms with Crippen LogP contribution >= 0.6 is 11.6 Å². The third-order valence-electron chi connectivity index (χ3n) is 10.4. The van der Waals surface area contributed by atoms with Crippen LogP contribution in [-0.4, -0.2) is 28.7 Å². The molecular formula is C38H29ClN2O5. The predicted molar refractivity (Wildman–Crippen MR) is 173 cm³/mol. The number of allylic oxidation sites excluding steroid dienone is 2. The van der Waals surface area contributed by atoms with E-state index in [-0.39, 0.29) is 24.0 Å². The van der Waals surface area contributed by atoms with Crippen LogP contribution in [0.2, 0.25) is 5.02 Å². The van der Waals surface area contributed by atoms with Gasteiger partial charge in [-0.25, -0.2) is 4.90 Å².